The molecule has 10 heteroatoms. The van der Waals surface area contributed by atoms with Gasteiger partial charge in [0.05, 0.1) is 22.1 Å². The zero-order valence-electron chi connectivity index (χ0n) is 19.3. The smallest absolute Gasteiger partial charge is 0.243 e. The van der Waals surface area contributed by atoms with Crippen LogP contribution in [0.1, 0.15) is 44.2 Å². The van der Waals surface area contributed by atoms with Crippen molar-refractivity contribution in [1.29, 1.82) is 5.26 Å². The lowest BCUT2D eigenvalue weighted by molar-refractivity contribution is -0.151. The number of amidine groups is 1. The van der Waals surface area contributed by atoms with E-state index in [-0.39, 0.29) is 20.6 Å². The van der Waals surface area contributed by atoms with Crippen LogP contribution in [0, 0.1) is 16.7 Å². The van der Waals surface area contributed by atoms with Crippen LogP contribution < -0.4 is 5.32 Å². The van der Waals surface area contributed by atoms with Crippen LogP contribution in [-0.2, 0) is 21.4 Å². The van der Waals surface area contributed by atoms with E-state index >= 15 is 0 Å². The van der Waals surface area contributed by atoms with Crippen LogP contribution >= 0.6 is 34.2 Å². The maximum Gasteiger partial charge on any atom is 0.243 e. The van der Waals surface area contributed by atoms with E-state index in [0.29, 0.717) is 29.8 Å². The zero-order chi connectivity index (χ0) is 25.2. The third-order valence-electron chi connectivity index (χ3n) is 7.42. The number of aliphatic imine (C=N–C) groups is 1. The highest BCUT2D eigenvalue weighted by Crippen LogP contribution is 2.71. The van der Waals surface area contributed by atoms with Crippen molar-refractivity contribution in [3.8, 4) is 6.07 Å². The topological polar surface area (TPSA) is 103 Å². The first-order chi connectivity index (χ1) is 16.4. The Bertz CT molecular complexity index is 1380. The summed E-state index contributed by atoms with van der Waals surface area (Å²) in [5, 5.41) is 13.3. The molecule has 1 aliphatic heterocycles. The SMILES string of the molecule is CC1(C)NC(C23CC(N(Cc4ccc(Cl)cc4)S(=O)(=O)c4cccc(C#N)c4)(C2)C3)=N[C@H]1C(=O)I. The molecule has 3 fully saturated rings. The number of nitrogens with zero attached hydrogens (tertiary/aromatic N) is 3. The van der Waals surface area contributed by atoms with Crippen LogP contribution in [0.5, 0.6) is 0 Å². The van der Waals surface area contributed by atoms with E-state index in [4.69, 9.17) is 16.6 Å². The summed E-state index contributed by atoms with van der Waals surface area (Å²) < 4.78 is 29.4. The number of nitrogens with one attached hydrogen (secondary N) is 1. The van der Waals surface area contributed by atoms with Gasteiger partial charge in [-0.2, -0.15) is 9.57 Å². The number of sulfonamides is 1. The van der Waals surface area contributed by atoms with Crippen LogP contribution in [0.3, 0.4) is 0 Å². The van der Waals surface area contributed by atoms with Crippen molar-refractivity contribution in [2.75, 3.05) is 0 Å². The molecule has 2 aromatic rings. The fourth-order valence-electron chi connectivity index (χ4n) is 5.67. The Hall–Kier alpha value is -2.00. The summed E-state index contributed by atoms with van der Waals surface area (Å²) in [6, 6.07) is 14.9. The van der Waals surface area contributed by atoms with Gasteiger partial charge in [0.15, 0.2) is 0 Å². The van der Waals surface area contributed by atoms with Crippen molar-refractivity contribution in [2.24, 2.45) is 10.4 Å². The number of hydrogen-bond acceptors (Lipinski definition) is 6. The largest absolute Gasteiger partial charge is 0.366 e. The predicted octanol–water partition coefficient (Wildman–Crippen LogP) is 4.44. The Morgan fingerprint density at radius 3 is 2.46 bits per heavy atom. The second kappa shape index (κ2) is 8.26. The first-order valence-electron chi connectivity index (χ1n) is 11.2. The van der Waals surface area contributed by atoms with E-state index < -0.39 is 27.1 Å². The Morgan fingerprint density at radius 2 is 1.89 bits per heavy atom. The first-order valence-corrected chi connectivity index (χ1v) is 14.1. The highest BCUT2D eigenvalue weighted by molar-refractivity contribution is 14.1. The summed E-state index contributed by atoms with van der Waals surface area (Å²) in [4.78, 5) is 16.9. The molecule has 7 nitrogen and oxygen atoms in total. The molecular weight excluding hydrogens is 599 g/mol. The maximum absolute atomic E-state index is 13.9. The molecule has 6 rings (SSSR count). The van der Waals surface area contributed by atoms with Crippen molar-refractivity contribution in [3.63, 3.8) is 0 Å². The van der Waals surface area contributed by atoms with Gasteiger partial charge in [0.1, 0.15) is 11.9 Å². The summed E-state index contributed by atoms with van der Waals surface area (Å²) >= 11 is 7.84. The van der Waals surface area contributed by atoms with Crippen molar-refractivity contribution in [2.45, 2.75) is 61.7 Å². The number of hydrogen-bond donors (Lipinski definition) is 1. The molecule has 0 amide bonds. The van der Waals surface area contributed by atoms with Gasteiger partial charge in [0.25, 0.3) is 0 Å². The molecule has 1 atom stereocenters. The van der Waals surface area contributed by atoms with Crippen LogP contribution in [0.4, 0.5) is 0 Å². The van der Waals surface area contributed by atoms with E-state index in [2.05, 4.69) is 5.32 Å². The van der Waals surface area contributed by atoms with Crippen LogP contribution in [0.15, 0.2) is 58.4 Å². The fourth-order valence-corrected chi connectivity index (χ4v) is 8.51. The highest BCUT2D eigenvalue weighted by Gasteiger charge is 2.75. The molecular formula is C25H24ClIN4O3S. The van der Waals surface area contributed by atoms with Gasteiger partial charge in [0, 0.05) is 45.1 Å². The second-order valence-corrected chi connectivity index (χ2v) is 13.7. The molecule has 182 valence electrons. The molecule has 35 heavy (non-hydrogen) atoms. The minimum absolute atomic E-state index is 0.0132. The minimum atomic E-state index is -3.89. The van der Waals surface area contributed by atoms with E-state index in [9.17, 15) is 18.5 Å². The predicted molar refractivity (Wildman–Crippen MR) is 142 cm³/mol. The lowest BCUT2D eigenvalue weighted by Crippen LogP contribution is -2.78. The number of halogens is 2. The number of rotatable bonds is 7. The molecule has 0 unspecified atom stereocenters. The van der Waals surface area contributed by atoms with E-state index in [1.165, 1.54) is 12.1 Å². The molecule has 0 saturated heterocycles. The second-order valence-electron chi connectivity index (χ2n) is 10.3. The summed E-state index contributed by atoms with van der Waals surface area (Å²) in [6.07, 6.45) is 1.90. The molecule has 1 heterocycles. The lowest BCUT2D eigenvalue weighted by Gasteiger charge is -2.73. The Kier molecular flexibility index (Phi) is 5.83. The number of benzene rings is 2. The molecule has 3 saturated carbocycles. The molecule has 3 aliphatic carbocycles. The first kappa shape index (κ1) is 24.7. The quantitative estimate of drug-likeness (QED) is 0.364. The number of carbonyl (C=O) groups excluding carboxylic acids is 1. The van der Waals surface area contributed by atoms with Crippen molar-refractivity contribution < 1.29 is 13.2 Å². The van der Waals surface area contributed by atoms with Crippen LogP contribution in [0.25, 0.3) is 0 Å². The monoisotopic (exact) mass is 622 g/mol. The molecule has 4 aliphatic rings. The van der Waals surface area contributed by atoms with Gasteiger partial charge >= 0.3 is 0 Å². The fraction of sp³-hybridized carbons (Fsp3) is 0.400. The molecule has 0 radical (unpaired) electrons. The van der Waals surface area contributed by atoms with Crippen LogP contribution in [0.2, 0.25) is 5.02 Å². The van der Waals surface area contributed by atoms with Crippen LogP contribution in [-0.4, -0.2) is 39.5 Å². The molecule has 0 aromatic heterocycles. The average Bonchev–Trinajstić information content (AvgIpc) is 3.07. The van der Waals surface area contributed by atoms with Gasteiger partial charge in [-0.3, -0.25) is 9.79 Å². The van der Waals surface area contributed by atoms with Crippen molar-refractivity contribution in [1.82, 2.24) is 9.62 Å². The molecule has 2 aromatic carbocycles. The van der Waals surface area contributed by atoms with Gasteiger partial charge in [0.2, 0.25) is 13.8 Å². The van der Waals surface area contributed by atoms with Gasteiger partial charge in [-0.15, -0.1) is 0 Å². The van der Waals surface area contributed by atoms with Gasteiger partial charge < -0.3 is 5.32 Å². The van der Waals surface area contributed by atoms with Crippen molar-refractivity contribution in [3.05, 3.63) is 64.7 Å². The lowest BCUT2D eigenvalue weighted by atomic mass is 9.38. The summed E-state index contributed by atoms with van der Waals surface area (Å²) in [5.41, 5.74) is -0.111. The summed E-state index contributed by atoms with van der Waals surface area (Å²) in [6.45, 7) is 4.13. The summed E-state index contributed by atoms with van der Waals surface area (Å²) in [5.74, 6) is 0.815. The molecule has 0 spiro atoms. The minimum Gasteiger partial charge on any atom is -0.366 e. The third-order valence-corrected chi connectivity index (χ3v) is 10.2. The Morgan fingerprint density at radius 1 is 1.23 bits per heavy atom. The van der Waals surface area contributed by atoms with Crippen molar-refractivity contribution >= 4 is 53.8 Å². The van der Waals surface area contributed by atoms with E-state index in [0.717, 1.165) is 11.4 Å². The zero-order valence-corrected chi connectivity index (χ0v) is 23.0. The molecule has 1 N–H and O–H groups in total. The van der Waals surface area contributed by atoms with E-state index in [1.54, 1.807) is 51.2 Å². The van der Waals surface area contributed by atoms with E-state index in [1.807, 2.05) is 32.0 Å². The Balaban J connectivity index is 1.47. The Labute approximate surface area is 223 Å². The average molecular weight is 623 g/mol. The third kappa shape index (κ3) is 3.99. The number of nitriles is 1. The standard InChI is InChI=1S/C25H24ClIN4O3S/c1-23(2)20(21(27)32)29-22(30-23)24-13-25(14-24,15-24)31(12-16-6-8-18(26)9-7-16)35(33,34)19-5-3-4-17(10-19)11-28/h3-10,20H,12-15H2,1-2H3,(H,29,30)/t20-,24?,25?/m0/s1. The number of carbonyl (C=O) groups is 1. The van der Waals surface area contributed by atoms with Gasteiger partial charge in [-0.1, -0.05) is 29.8 Å². The van der Waals surface area contributed by atoms with Gasteiger partial charge in [-0.05, 0) is 69.0 Å². The molecule has 2 bridgehead atoms. The normalized spacial score (nSPS) is 28.3. The maximum atomic E-state index is 13.9. The van der Waals surface area contributed by atoms with Gasteiger partial charge in [-0.25, -0.2) is 8.42 Å². The summed E-state index contributed by atoms with van der Waals surface area (Å²) in [7, 11) is -3.89. The highest BCUT2D eigenvalue weighted by atomic mass is 127.